The zero-order valence-corrected chi connectivity index (χ0v) is 21.0. The fourth-order valence-electron chi connectivity index (χ4n) is 4.88. The van der Waals surface area contributed by atoms with E-state index in [1.807, 2.05) is 24.3 Å². The van der Waals surface area contributed by atoms with Crippen LogP contribution < -0.4 is 21.7 Å². The van der Waals surface area contributed by atoms with Crippen LogP contribution in [0.25, 0.3) is 11.3 Å². The van der Waals surface area contributed by atoms with Crippen LogP contribution >= 0.6 is 0 Å². The van der Waals surface area contributed by atoms with Crippen molar-refractivity contribution in [2.24, 2.45) is 5.73 Å². The van der Waals surface area contributed by atoms with Crippen molar-refractivity contribution < 1.29 is 19.1 Å². The normalized spacial score (nSPS) is 19.5. The van der Waals surface area contributed by atoms with Crippen molar-refractivity contribution in [2.45, 2.75) is 44.2 Å². The van der Waals surface area contributed by atoms with Gasteiger partial charge in [-0.1, -0.05) is 18.2 Å². The molecule has 2 bridgehead atoms. The fraction of sp³-hybridized carbons (Fsp3) is 0.286. The average Bonchev–Trinajstić information content (AvgIpc) is 3.40. The van der Waals surface area contributed by atoms with Crippen LogP contribution in [0.15, 0.2) is 54.7 Å². The van der Waals surface area contributed by atoms with Crippen LogP contribution in [-0.2, 0) is 16.0 Å². The molecule has 2 aromatic carbocycles. The lowest BCUT2D eigenvalue weighted by atomic mass is 9.87. The number of carbonyl (C=O) groups excluding carboxylic acids is 3. The Kier molecular flexibility index (Phi) is 7.23. The summed E-state index contributed by atoms with van der Waals surface area (Å²) in [5.41, 5.74) is 11.4. The first-order valence-electron chi connectivity index (χ1n) is 12.6. The molecule has 5 rings (SSSR count). The van der Waals surface area contributed by atoms with Gasteiger partial charge in [0.1, 0.15) is 5.82 Å². The zero-order valence-electron chi connectivity index (χ0n) is 21.0. The number of H-pyrrole nitrogens is 1. The number of amides is 3. The number of nitrogens with two attached hydrogens (primary N) is 1. The van der Waals surface area contributed by atoms with E-state index in [0.717, 1.165) is 30.4 Å². The number of rotatable bonds is 3. The Morgan fingerprint density at radius 3 is 2.87 bits per heavy atom. The first-order chi connectivity index (χ1) is 18.4. The largest absolute Gasteiger partial charge is 0.453 e. The minimum Gasteiger partial charge on any atom is -0.453 e. The summed E-state index contributed by atoms with van der Waals surface area (Å²) in [5, 5.41) is 8.59. The van der Waals surface area contributed by atoms with Gasteiger partial charge in [0, 0.05) is 29.3 Å². The van der Waals surface area contributed by atoms with Crippen molar-refractivity contribution in [1.29, 1.82) is 0 Å². The molecule has 2 heterocycles. The summed E-state index contributed by atoms with van der Waals surface area (Å²) >= 11 is 0. The van der Waals surface area contributed by atoms with E-state index in [4.69, 9.17) is 5.73 Å². The molecule has 0 fully saturated rings. The SMILES string of the molecule is COC(=O)Nc1ccc2c(c1)NC(=O)C/C=C/C[C@H](NC(=O)c1ccc3c(c1)CCC[C@H]3N)c1ncc-2[nH]1. The van der Waals surface area contributed by atoms with Gasteiger partial charge in [0.15, 0.2) is 0 Å². The van der Waals surface area contributed by atoms with Crippen molar-refractivity contribution in [2.75, 3.05) is 17.7 Å². The molecule has 1 aliphatic carbocycles. The third kappa shape index (κ3) is 5.45. The molecular weight excluding hydrogens is 484 g/mol. The van der Waals surface area contributed by atoms with Gasteiger partial charge in [0.05, 0.1) is 30.7 Å². The monoisotopic (exact) mass is 514 g/mol. The third-order valence-electron chi connectivity index (χ3n) is 6.85. The molecule has 196 valence electrons. The van der Waals surface area contributed by atoms with Gasteiger partial charge in [-0.15, -0.1) is 0 Å². The Hall–Kier alpha value is -4.44. The maximum absolute atomic E-state index is 13.3. The molecule has 0 saturated heterocycles. The summed E-state index contributed by atoms with van der Waals surface area (Å²) in [6.45, 7) is 0. The number of fused-ring (bicyclic) bond motifs is 5. The van der Waals surface area contributed by atoms with Crippen LogP contribution in [0, 0.1) is 0 Å². The zero-order chi connectivity index (χ0) is 26.6. The van der Waals surface area contributed by atoms with Crippen LogP contribution in [0.2, 0.25) is 0 Å². The molecule has 0 unspecified atom stereocenters. The highest BCUT2D eigenvalue weighted by atomic mass is 16.5. The summed E-state index contributed by atoms with van der Waals surface area (Å²) in [5.74, 6) is 0.172. The molecule has 2 aliphatic rings. The Balaban J connectivity index is 1.43. The number of aromatic nitrogens is 2. The van der Waals surface area contributed by atoms with E-state index in [0.29, 0.717) is 40.4 Å². The Labute approximate surface area is 220 Å². The Morgan fingerprint density at radius 2 is 2.03 bits per heavy atom. The van der Waals surface area contributed by atoms with Crippen LogP contribution in [0.5, 0.6) is 0 Å². The molecule has 10 nitrogen and oxygen atoms in total. The molecule has 1 aromatic heterocycles. The molecule has 10 heteroatoms. The van der Waals surface area contributed by atoms with Gasteiger partial charge < -0.3 is 26.1 Å². The molecule has 2 atom stereocenters. The number of hydrogen-bond acceptors (Lipinski definition) is 6. The Bertz CT molecular complexity index is 1410. The number of nitrogens with zero attached hydrogens (tertiary/aromatic N) is 1. The van der Waals surface area contributed by atoms with Gasteiger partial charge in [-0.25, -0.2) is 9.78 Å². The highest BCUT2D eigenvalue weighted by molar-refractivity contribution is 5.98. The number of benzene rings is 2. The molecule has 6 N–H and O–H groups in total. The van der Waals surface area contributed by atoms with Gasteiger partial charge in [-0.3, -0.25) is 14.9 Å². The molecule has 1 aliphatic heterocycles. The van der Waals surface area contributed by atoms with E-state index < -0.39 is 12.1 Å². The molecule has 3 aromatic rings. The fourth-order valence-corrected chi connectivity index (χ4v) is 4.88. The van der Waals surface area contributed by atoms with Crippen molar-refractivity contribution in [1.82, 2.24) is 15.3 Å². The lowest BCUT2D eigenvalue weighted by Crippen LogP contribution is -2.29. The van der Waals surface area contributed by atoms with Crippen molar-refractivity contribution in [3.8, 4) is 11.3 Å². The number of nitrogens with one attached hydrogen (secondary N) is 4. The molecule has 38 heavy (non-hydrogen) atoms. The first-order valence-corrected chi connectivity index (χ1v) is 12.6. The van der Waals surface area contributed by atoms with Crippen LogP contribution in [0.3, 0.4) is 0 Å². The van der Waals surface area contributed by atoms with Crippen LogP contribution in [-0.4, -0.2) is 35.0 Å². The summed E-state index contributed by atoms with van der Waals surface area (Å²) in [7, 11) is 1.28. The van der Waals surface area contributed by atoms with Crippen molar-refractivity contribution >= 4 is 29.3 Å². The van der Waals surface area contributed by atoms with Gasteiger partial charge in [-0.2, -0.15) is 0 Å². The van der Waals surface area contributed by atoms with Crippen molar-refractivity contribution in [3.63, 3.8) is 0 Å². The number of hydrogen-bond donors (Lipinski definition) is 5. The predicted molar refractivity (Wildman–Crippen MR) is 144 cm³/mol. The number of carbonyl (C=O) groups is 3. The second-order valence-electron chi connectivity index (χ2n) is 9.46. The molecular formula is C28H30N6O4. The van der Waals surface area contributed by atoms with Gasteiger partial charge in [-0.05, 0) is 67.1 Å². The number of methoxy groups -OCH3 is 1. The minimum absolute atomic E-state index is 0.0150. The number of imidazole rings is 1. The highest BCUT2D eigenvalue weighted by Gasteiger charge is 2.22. The summed E-state index contributed by atoms with van der Waals surface area (Å²) in [6, 6.07) is 10.4. The maximum atomic E-state index is 13.3. The average molecular weight is 515 g/mol. The lowest BCUT2D eigenvalue weighted by molar-refractivity contribution is -0.115. The van der Waals surface area contributed by atoms with Crippen LogP contribution in [0.4, 0.5) is 16.2 Å². The van der Waals surface area contributed by atoms with E-state index in [9.17, 15) is 14.4 Å². The number of aromatic amines is 1. The van der Waals surface area contributed by atoms with Gasteiger partial charge in [0.2, 0.25) is 5.91 Å². The summed E-state index contributed by atoms with van der Waals surface area (Å²) in [4.78, 5) is 45.4. The molecule has 0 radical (unpaired) electrons. The predicted octanol–water partition coefficient (Wildman–Crippen LogP) is 4.35. The minimum atomic E-state index is -0.614. The van der Waals surface area contributed by atoms with E-state index >= 15 is 0 Å². The van der Waals surface area contributed by atoms with E-state index in [1.165, 1.54) is 7.11 Å². The number of ether oxygens (including phenoxy) is 1. The smallest absolute Gasteiger partial charge is 0.411 e. The van der Waals surface area contributed by atoms with E-state index in [-0.39, 0.29) is 24.3 Å². The lowest BCUT2D eigenvalue weighted by Gasteiger charge is -2.23. The Morgan fingerprint density at radius 1 is 1.16 bits per heavy atom. The highest BCUT2D eigenvalue weighted by Crippen LogP contribution is 2.32. The summed E-state index contributed by atoms with van der Waals surface area (Å²) in [6.07, 6.45) is 8.15. The van der Waals surface area contributed by atoms with Gasteiger partial charge >= 0.3 is 6.09 Å². The topological polar surface area (TPSA) is 151 Å². The van der Waals surface area contributed by atoms with E-state index in [2.05, 4.69) is 30.7 Å². The molecule has 0 spiro atoms. The van der Waals surface area contributed by atoms with Crippen LogP contribution in [0.1, 0.15) is 65.1 Å². The standard InChI is InChI=1S/C28H30N6O4/c1-38-28(37)31-18-10-12-20-23(14-18)32-25(35)8-3-2-7-22(26-30-15-24(20)33-26)34-27(36)17-9-11-19-16(13-17)5-4-6-21(19)29/h2-3,9-15,21-22H,4-8,29H2,1H3,(H,30,33)(H,31,37)(H,32,35)(H,34,36)/b3-2+/t21-,22+/m1/s1. The quantitative estimate of drug-likeness (QED) is 0.328. The molecule has 0 saturated carbocycles. The van der Waals surface area contributed by atoms with E-state index in [1.54, 1.807) is 30.5 Å². The second-order valence-corrected chi connectivity index (χ2v) is 9.46. The van der Waals surface area contributed by atoms with Gasteiger partial charge in [0.25, 0.3) is 5.91 Å². The second kappa shape index (κ2) is 10.9. The third-order valence-corrected chi connectivity index (χ3v) is 6.85. The maximum Gasteiger partial charge on any atom is 0.411 e. The summed E-state index contributed by atoms with van der Waals surface area (Å²) < 4.78 is 4.66. The number of anilines is 2. The first kappa shape index (κ1) is 25.2. The van der Waals surface area contributed by atoms with Crippen molar-refractivity contribution in [3.05, 3.63) is 77.3 Å². The number of aryl methyl sites for hydroxylation is 1. The molecule has 3 amide bonds.